The molecule has 0 aromatic heterocycles. The van der Waals surface area contributed by atoms with Crippen molar-refractivity contribution in [3.05, 3.63) is 34.9 Å². The largest absolute Gasteiger partial charge is 0.496 e. The fraction of sp³-hybridized carbons (Fsp3) is 0.524. The van der Waals surface area contributed by atoms with Crippen LogP contribution in [-0.4, -0.2) is 60.4 Å². The van der Waals surface area contributed by atoms with Gasteiger partial charge < -0.3 is 28.4 Å². The van der Waals surface area contributed by atoms with Gasteiger partial charge in [0.2, 0.25) is 0 Å². The summed E-state index contributed by atoms with van der Waals surface area (Å²) < 4.78 is 31.1. The molecule has 8 heteroatoms. The zero-order chi connectivity index (χ0) is 21.6. The summed E-state index contributed by atoms with van der Waals surface area (Å²) in [5.41, 5.74) is 1.96. The summed E-state index contributed by atoms with van der Waals surface area (Å²) in [5, 5.41) is 0. The average Bonchev–Trinajstić information content (AvgIpc) is 2.74. The molecule has 29 heavy (non-hydrogen) atoms. The molecule has 0 aliphatic carbocycles. The van der Waals surface area contributed by atoms with Crippen molar-refractivity contribution in [2.24, 2.45) is 0 Å². The van der Waals surface area contributed by atoms with Gasteiger partial charge >= 0.3 is 11.9 Å². The third-order valence-corrected chi connectivity index (χ3v) is 4.17. The summed E-state index contributed by atoms with van der Waals surface area (Å²) in [6.07, 6.45) is 3.27. The van der Waals surface area contributed by atoms with Gasteiger partial charge in [-0.25, -0.2) is 4.79 Å². The van der Waals surface area contributed by atoms with Crippen molar-refractivity contribution in [3.8, 4) is 11.5 Å². The number of carbonyl (C=O) groups excluding carboxylic acids is 2. The van der Waals surface area contributed by atoms with Crippen LogP contribution in [0.1, 0.15) is 35.7 Å². The Balaban J connectivity index is 3.09. The molecule has 0 atom stereocenters. The Hall–Kier alpha value is -2.58. The first-order valence-corrected chi connectivity index (χ1v) is 9.18. The lowest BCUT2D eigenvalue weighted by Gasteiger charge is -2.17. The van der Waals surface area contributed by atoms with Gasteiger partial charge in [0.25, 0.3) is 0 Å². The fourth-order valence-electron chi connectivity index (χ4n) is 2.51. The second kappa shape index (κ2) is 13.6. The van der Waals surface area contributed by atoms with E-state index in [-0.39, 0.29) is 18.3 Å². The van der Waals surface area contributed by atoms with Crippen molar-refractivity contribution < 1.29 is 38.0 Å². The number of methoxy groups -OCH3 is 4. The van der Waals surface area contributed by atoms with Crippen LogP contribution in [0.4, 0.5) is 0 Å². The molecule has 0 saturated heterocycles. The molecule has 0 spiro atoms. The van der Waals surface area contributed by atoms with E-state index < -0.39 is 5.97 Å². The van der Waals surface area contributed by atoms with E-state index >= 15 is 0 Å². The predicted octanol–water partition coefficient (Wildman–Crippen LogP) is 2.92. The van der Waals surface area contributed by atoms with Gasteiger partial charge in [-0.15, -0.1) is 0 Å². The highest BCUT2D eigenvalue weighted by Gasteiger charge is 2.20. The first-order valence-electron chi connectivity index (χ1n) is 9.18. The second-order valence-corrected chi connectivity index (χ2v) is 6.11. The van der Waals surface area contributed by atoms with Crippen LogP contribution >= 0.6 is 0 Å². The van der Waals surface area contributed by atoms with Gasteiger partial charge in [-0.1, -0.05) is 11.6 Å². The average molecular weight is 410 g/mol. The maximum absolute atomic E-state index is 12.2. The van der Waals surface area contributed by atoms with Crippen LogP contribution < -0.4 is 9.47 Å². The molecule has 0 aliphatic rings. The summed E-state index contributed by atoms with van der Waals surface area (Å²) in [7, 11) is 5.79. The number of hydrogen-bond donors (Lipinski definition) is 0. The molecular formula is C21H30O8. The maximum Gasteiger partial charge on any atom is 0.341 e. The zero-order valence-corrected chi connectivity index (χ0v) is 17.7. The molecule has 0 fully saturated rings. The van der Waals surface area contributed by atoms with E-state index in [1.807, 2.05) is 13.0 Å². The van der Waals surface area contributed by atoms with Crippen molar-refractivity contribution in [1.29, 1.82) is 0 Å². The van der Waals surface area contributed by atoms with Gasteiger partial charge in [0, 0.05) is 19.1 Å². The quantitative estimate of drug-likeness (QED) is 0.212. The topological polar surface area (TPSA) is 89.5 Å². The molecule has 8 nitrogen and oxygen atoms in total. The molecule has 0 unspecified atom stereocenters. The Morgan fingerprint density at radius 1 is 1.00 bits per heavy atom. The number of carbonyl (C=O) groups is 2. The number of rotatable bonds is 13. The van der Waals surface area contributed by atoms with E-state index in [9.17, 15) is 9.59 Å². The first kappa shape index (κ1) is 24.5. The van der Waals surface area contributed by atoms with E-state index in [4.69, 9.17) is 23.7 Å². The minimum atomic E-state index is -0.521. The van der Waals surface area contributed by atoms with Crippen molar-refractivity contribution >= 4 is 11.9 Å². The van der Waals surface area contributed by atoms with E-state index in [1.165, 1.54) is 14.2 Å². The normalized spacial score (nSPS) is 11.1. The van der Waals surface area contributed by atoms with Gasteiger partial charge in [-0.3, -0.25) is 4.79 Å². The van der Waals surface area contributed by atoms with Crippen LogP contribution in [0.15, 0.2) is 23.8 Å². The number of allylic oxidation sites excluding steroid dienone is 2. The molecule has 0 N–H and O–H groups in total. The summed E-state index contributed by atoms with van der Waals surface area (Å²) in [5.74, 6) is 0.125. The molecule has 1 rings (SSSR count). The first-order chi connectivity index (χ1) is 14.0. The van der Waals surface area contributed by atoms with Crippen LogP contribution in [0.3, 0.4) is 0 Å². The lowest BCUT2D eigenvalue weighted by molar-refractivity contribution is -0.140. The van der Waals surface area contributed by atoms with E-state index in [2.05, 4.69) is 4.74 Å². The lowest BCUT2D eigenvalue weighted by atomic mass is 10.0. The highest BCUT2D eigenvalue weighted by Crippen LogP contribution is 2.34. The molecule has 0 amide bonds. The van der Waals surface area contributed by atoms with Crippen molar-refractivity contribution in [2.45, 2.75) is 26.2 Å². The lowest BCUT2D eigenvalue weighted by Crippen LogP contribution is -2.13. The van der Waals surface area contributed by atoms with Gasteiger partial charge in [-0.2, -0.15) is 0 Å². The number of ether oxygens (including phenoxy) is 6. The Kier molecular flexibility index (Phi) is 11.4. The smallest absolute Gasteiger partial charge is 0.341 e. The number of benzene rings is 1. The second-order valence-electron chi connectivity index (χ2n) is 6.11. The van der Waals surface area contributed by atoms with Gasteiger partial charge in [0.05, 0.1) is 34.5 Å². The molecule has 0 bridgehead atoms. The highest BCUT2D eigenvalue weighted by atomic mass is 16.7. The molecule has 1 aromatic rings. The van der Waals surface area contributed by atoms with E-state index in [1.54, 1.807) is 26.4 Å². The van der Waals surface area contributed by atoms with E-state index in [0.29, 0.717) is 49.5 Å². The fourth-order valence-corrected chi connectivity index (χ4v) is 2.51. The van der Waals surface area contributed by atoms with E-state index in [0.717, 1.165) is 5.57 Å². The Bertz CT molecular complexity index is 696. The van der Waals surface area contributed by atoms with Gasteiger partial charge in [0.15, 0.2) is 6.79 Å². The predicted molar refractivity (Wildman–Crippen MR) is 106 cm³/mol. The molecular weight excluding hydrogens is 380 g/mol. The van der Waals surface area contributed by atoms with Crippen LogP contribution in [0.25, 0.3) is 0 Å². The summed E-state index contributed by atoms with van der Waals surface area (Å²) in [6.45, 7) is 2.66. The SMILES string of the molecule is COCCOCOc1c(C(=O)OC)ccc(OC)c1C/C=C(\C)CCC(=O)OC. The highest BCUT2D eigenvalue weighted by molar-refractivity contribution is 5.93. The minimum absolute atomic E-state index is 0.0570. The molecule has 0 saturated carbocycles. The van der Waals surface area contributed by atoms with Crippen LogP contribution in [0.5, 0.6) is 11.5 Å². The summed E-state index contributed by atoms with van der Waals surface area (Å²) >= 11 is 0. The zero-order valence-electron chi connectivity index (χ0n) is 17.7. The minimum Gasteiger partial charge on any atom is -0.496 e. The third-order valence-electron chi connectivity index (χ3n) is 4.17. The molecule has 0 radical (unpaired) electrons. The number of esters is 2. The van der Waals surface area contributed by atoms with Crippen molar-refractivity contribution in [3.63, 3.8) is 0 Å². The third kappa shape index (κ3) is 8.13. The van der Waals surface area contributed by atoms with Crippen molar-refractivity contribution in [1.82, 2.24) is 0 Å². The summed E-state index contributed by atoms with van der Waals surface area (Å²) in [6, 6.07) is 3.28. The van der Waals surface area contributed by atoms with Crippen LogP contribution in [0, 0.1) is 0 Å². The Morgan fingerprint density at radius 2 is 1.76 bits per heavy atom. The number of hydrogen-bond acceptors (Lipinski definition) is 8. The van der Waals surface area contributed by atoms with Crippen LogP contribution in [-0.2, 0) is 30.2 Å². The molecule has 0 heterocycles. The van der Waals surface area contributed by atoms with Crippen molar-refractivity contribution in [2.75, 3.05) is 48.4 Å². The summed E-state index contributed by atoms with van der Waals surface area (Å²) in [4.78, 5) is 23.5. The van der Waals surface area contributed by atoms with Gasteiger partial charge in [-0.05, 0) is 31.9 Å². The molecule has 162 valence electrons. The van der Waals surface area contributed by atoms with Gasteiger partial charge in [0.1, 0.15) is 17.1 Å². The Labute approximate surface area is 171 Å². The molecule has 1 aromatic carbocycles. The standard InChI is InChI=1S/C21H30O8/c1-15(7-11-19(22)26-4)6-8-16-18(25-3)10-9-17(21(23)27-5)20(16)29-14-28-13-12-24-2/h6,9-10H,7-8,11-14H2,1-5H3/b15-6+. The molecule has 0 aliphatic heterocycles. The monoisotopic (exact) mass is 410 g/mol. The Morgan fingerprint density at radius 3 is 2.38 bits per heavy atom. The van der Waals surface area contributed by atoms with Crippen LogP contribution in [0.2, 0.25) is 0 Å². The maximum atomic E-state index is 12.2.